The van der Waals surface area contributed by atoms with Crippen molar-refractivity contribution in [3.8, 4) is 50.6 Å². The fourth-order valence-electron chi connectivity index (χ4n) is 7.73. The Morgan fingerprint density at radius 2 is 1.27 bits per heavy atom. The summed E-state index contributed by atoms with van der Waals surface area (Å²) < 4.78 is 13.7. The van der Waals surface area contributed by atoms with Gasteiger partial charge in [-0.15, -0.1) is 0 Å². The number of aromatic amines is 1. The number of fused-ring (bicyclic) bond motifs is 4. The summed E-state index contributed by atoms with van der Waals surface area (Å²) in [5.74, 6) is 1.76. The lowest BCUT2D eigenvalue weighted by Crippen LogP contribution is -2.08. The Balaban J connectivity index is 1.40. The van der Waals surface area contributed by atoms with Crippen molar-refractivity contribution < 1.29 is 9.15 Å². The third kappa shape index (κ3) is 4.58. The Bertz CT molecular complexity index is 2580. The maximum absolute atomic E-state index is 6.83. The van der Waals surface area contributed by atoms with Crippen LogP contribution in [0.4, 0.5) is 0 Å². The maximum Gasteiger partial charge on any atom is 0.136 e. The number of hydrogen-bond acceptors (Lipinski definition) is 2. The Kier molecular flexibility index (Phi) is 6.31. The van der Waals surface area contributed by atoms with E-state index < -0.39 is 0 Å². The molecular formula is C46H31NO2. The van der Waals surface area contributed by atoms with Crippen LogP contribution >= 0.6 is 0 Å². The molecule has 3 heteroatoms. The van der Waals surface area contributed by atoms with Crippen molar-refractivity contribution in [3.05, 3.63) is 175 Å². The van der Waals surface area contributed by atoms with Crippen LogP contribution < -0.4 is 4.74 Å². The molecular weight excluding hydrogens is 599 g/mol. The smallest absolute Gasteiger partial charge is 0.136 e. The van der Waals surface area contributed by atoms with Crippen LogP contribution in [0.5, 0.6) is 5.75 Å². The molecule has 49 heavy (non-hydrogen) atoms. The number of hydrogen-bond donors (Lipinski definition) is 1. The van der Waals surface area contributed by atoms with Gasteiger partial charge >= 0.3 is 0 Å². The first kappa shape index (κ1) is 27.8. The van der Waals surface area contributed by atoms with Crippen molar-refractivity contribution in [2.24, 2.45) is 0 Å². The summed E-state index contributed by atoms with van der Waals surface area (Å²) in [5.41, 5.74) is 12.1. The monoisotopic (exact) mass is 629 g/mol. The summed E-state index contributed by atoms with van der Waals surface area (Å²) in [5, 5.41) is 4.63. The molecule has 1 N–H and O–H groups in total. The standard InChI is InChI=1S/C46H31NO2/c1-2-13-30(14-3-1)36-28-37(42-26-32-17-6-10-23-40(32)48-42)45(43-27-33-18-7-11-24-41(33)49-43)46(39-25-31-16-5-9-22-38(31)47-39)44(36)35-21-12-19-29-15-4-8-20-34(29)35/h1-25,27-28,42,47H,26H2. The molecule has 0 saturated carbocycles. The van der Waals surface area contributed by atoms with E-state index in [9.17, 15) is 0 Å². The molecule has 1 unspecified atom stereocenters. The normalized spacial score (nSPS) is 14.0. The van der Waals surface area contributed by atoms with E-state index in [-0.39, 0.29) is 6.10 Å². The van der Waals surface area contributed by atoms with Crippen molar-refractivity contribution in [1.82, 2.24) is 4.98 Å². The van der Waals surface area contributed by atoms with E-state index in [0.717, 1.165) is 78.9 Å². The maximum atomic E-state index is 6.83. The molecule has 1 aliphatic rings. The molecule has 3 heterocycles. The first-order valence-electron chi connectivity index (χ1n) is 16.8. The van der Waals surface area contributed by atoms with Crippen molar-refractivity contribution in [2.45, 2.75) is 12.5 Å². The number of ether oxygens (including phenoxy) is 1. The molecule has 232 valence electrons. The van der Waals surface area contributed by atoms with Crippen LogP contribution in [0.25, 0.3) is 77.5 Å². The Labute approximate surface area is 284 Å². The second kappa shape index (κ2) is 11.1. The highest BCUT2D eigenvalue weighted by atomic mass is 16.5. The van der Waals surface area contributed by atoms with Crippen LogP contribution in [0.3, 0.4) is 0 Å². The summed E-state index contributed by atoms with van der Waals surface area (Å²) in [6.07, 6.45) is 0.574. The second-order valence-corrected chi connectivity index (χ2v) is 12.9. The molecule has 0 aliphatic carbocycles. The summed E-state index contributed by atoms with van der Waals surface area (Å²) in [7, 11) is 0. The van der Waals surface area contributed by atoms with Gasteiger partial charge in [0, 0.05) is 50.7 Å². The minimum Gasteiger partial charge on any atom is -0.485 e. The topological polar surface area (TPSA) is 38.2 Å². The van der Waals surface area contributed by atoms with Gasteiger partial charge in [0.2, 0.25) is 0 Å². The Morgan fingerprint density at radius 3 is 2.12 bits per heavy atom. The van der Waals surface area contributed by atoms with Gasteiger partial charge < -0.3 is 14.1 Å². The van der Waals surface area contributed by atoms with Crippen LogP contribution in [0, 0.1) is 0 Å². The fraction of sp³-hybridized carbons (Fsp3) is 0.0435. The van der Waals surface area contributed by atoms with Crippen LogP contribution in [0.2, 0.25) is 0 Å². The van der Waals surface area contributed by atoms with Crippen molar-refractivity contribution >= 4 is 32.6 Å². The van der Waals surface area contributed by atoms with Gasteiger partial charge in [0.25, 0.3) is 0 Å². The number of rotatable bonds is 5. The lowest BCUT2D eigenvalue weighted by molar-refractivity contribution is 0.239. The van der Waals surface area contributed by atoms with Gasteiger partial charge in [-0.2, -0.15) is 0 Å². The molecule has 9 aromatic rings. The van der Waals surface area contributed by atoms with Crippen LogP contribution in [0.15, 0.2) is 168 Å². The molecule has 7 aromatic carbocycles. The van der Waals surface area contributed by atoms with Gasteiger partial charge in [-0.1, -0.05) is 127 Å². The molecule has 0 bridgehead atoms. The number of benzene rings is 7. The molecule has 0 spiro atoms. The SMILES string of the molecule is c1ccc(-c2cc(C3Cc4ccccc4O3)c(-c3cc4ccccc4o3)c(-c3cc4ccccc4[nH]3)c2-c2cccc3ccccc23)cc1. The van der Waals surface area contributed by atoms with E-state index in [2.05, 4.69) is 157 Å². The van der Waals surface area contributed by atoms with Gasteiger partial charge in [-0.3, -0.25) is 0 Å². The predicted molar refractivity (Wildman–Crippen MR) is 201 cm³/mol. The minimum absolute atomic E-state index is 0.201. The van der Waals surface area contributed by atoms with Crippen molar-refractivity contribution in [3.63, 3.8) is 0 Å². The molecule has 3 nitrogen and oxygen atoms in total. The summed E-state index contributed by atoms with van der Waals surface area (Å²) in [6.45, 7) is 0. The molecule has 10 rings (SSSR count). The average molecular weight is 630 g/mol. The van der Waals surface area contributed by atoms with E-state index in [1.165, 1.54) is 21.9 Å². The fourth-order valence-corrected chi connectivity index (χ4v) is 7.73. The molecule has 0 amide bonds. The summed E-state index contributed by atoms with van der Waals surface area (Å²) >= 11 is 0. The van der Waals surface area contributed by atoms with Crippen LogP contribution in [-0.2, 0) is 6.42 Å². The van der Waals surface area contributed by atoms with Gasteiger partial charge in [0.15, 0.2) is 0 Å². The zero-order valence-corrected chi connectivity index (χ0v) is 26.7. The van der Waals surface area contributed by atoms with Gasteiger partial charge in [0.05, 0.1) is 0 Å². The first-order chi connectivity index (χ1) is 24.3. The number of H-pyrrole nitrogens is 1. The van der Waals surface area contributed by atoms with Crippen LogP contribution in [0.1, 0.15) is 17.2 Å². The quantitative estimate of drug-likeness (QED) is 0.206. The van der Waals surface area contributed by atoms with Crippen molar-refractivity contribution in [2.75, 3.05) is 0 Å². The zero-order chi connectivity index (χ0) is 32.3. The molecule has 0 radical (unpaired) electrons. The van der Waals surface area contributed by atoms with E-state index in [1.54, 1.807) is 0 Å². The Morgan fingerprint density at radius 1 is 0.531 bits per heavy atom. The van der Waals surface area contributed by atoms with E-state index >= 15 is 0 Å². The lowest BCUT2D eigenvalue weighted by atomic mass is 9.80. The summed E-state index contributed by atoms with van der Waals surface area (Å²) in [4.78, 5) is 3.85. The van der Waals surface area contributed by atoms with E-state index in [1.807, 2.05) is 12.1 Å². The van der Waals surface area contributed by atoms with Crippen LogP contribution in [-0.4, -0.2) is 4.98 Å². The number of para-hydroxylation sites is 3. The van der Waals surface area contributed by atoms with E-state index in [0.29, 0.717) is 0 Å². The average Bonchev–Trinajstić information content (AvgIpc) is 3.91. The highest BCUT2D eigenvalue weighted by Gasteiger charge is 2.33. The third-order valence-corrected chi connectivity index (χ3v) is 9.97. The minimum atomic E-state index is -0.201. The molecule has 1 atom stereocenters. The molecule has 1 aliphatic heterocycles. The lowest BCUT2D eigenvalue weighted by Gasteiger charge is -2.25. The highest BCUT2D eigenvalue weighted by molar-refractivity contribution is 6.10. The predicted octanol–water partition coefficient (Wildman–Crippen LogP) is 12.4. The number of nitrogens with one attached hydrogen (secondary N) is 1. The molecule has 0 fully saturated rings. The van der Waals surface area contributed by atoms with Gasteiger partial charge in [0.1, 0.15) is 23.2 Å². The van der Waals surface area contributed by atoms with Gasteiger partial charge in [-0.25, -0.2) is 0 Å². The summed E-state index contributed by atoms with van der Waals surface area (Å²) in [6, 6.07) is 58.1. The first-order valence-corrected chi connectivity index (χ1v) is 16.8. The Hall–Kier alpha value is -6.32. The van der Waals surface area contributed by atoms with Gasteiger partial charge in [-0.05, 0) is 69.4 Å². The largest absolute Gasteiger partial charge is 0.485 e. The number of aromatic nitrogens is 1. The third-order valence-electron chi connectivity index (χ3n) is 9.97. The highest BCUT2D eigenvalue weighted by Crippen LogP contribution is 2.52. The molecule has 2 aromatic heterocycles. The second-order valence-electron chi connectivity index (χ2n) is 12.9. The molecule has 0 saturated heterocycles. The van der Waals surface area contributed by atoms with Crippen molar-refractivity contribution in [1.29, 1.82) is 0 Å². The zero-order valence-electron chi connectivity index (χ0n) is 26.7. The number of furan rings is 1. The van der Waals surface area contributed by atoms with E-state index in [4.69, 9.17) is 9.15 Å².